The lowest BCUT2D eigenvalue weighted by atomic mass is 9.46. The Kier molecular flexibility index (Phi) is 3.18. The van der Waals surface area contributed by atoms with E-state index in [9.17, 15) is 9.90 Å². The Morgan fingerprint density at radius 2 is 1.87 bits per heavy atom. The maximum atomic E-state index is 11.8. The fourth-order valence-electron chi connectivity index (χ4n) is 6.81. The van der Waals surface area contributed by atoms with Gasteiger partial charge in [-0.15, -0.1) is 6.42 Å². The first-order valence-corrected chi connectivity index (χ1v) is 9.28. The molecule has 4 aliphatic carbocycles. The molecule has 0 aromatic heterocycles. The molecule has 23 heavy (non-hydrogen) atoms. The van der Waals surface area contributed by atoms with Crippen LogP contribution in [0, 0.1) is 40.9 Å². The molecule has 2 heteroatoms. The lowest BCUT2D eigenvalue weighted by Crippen LogP contribution is -2.54. The van der Waals surface area contributed by atoms with Gasteiger partial charge in [-0.3, -0.25) is 4.79 Å². The minimum Gasteiger partial charge on any atom is -0.377 e. The van der Waals surface area contributed by atoms with Crippen molar-refractivity contribution < 1.29 is 9.90 Å². The van der Waals surface area contributed by atoms with E-state index in [2.05, 4.69) is 19.8 Å². The normalized spacial score (nSPS) is 52.0. The summed E-state index contributed by atoms with van der Waals surface area (Å²) in [4.78, 5) is 11.8. The smallest absolute Gasteiger partial charge is 0.155 e. The minimum atomic E-state index is -0.914. The van der Waals surface area contributed by atoms with Crippen LogP contribution in [0.1, 0.15) is 65.2 Å². The molecule has 0 heterocycles. The second kappa shape index (κ2) is 4.73. The van der Waals surface area contributed by atoms with Crippen LogP contribution in [0.15, 0.2) is 11.6 Å². The molecule has 0 spiro atoms. The Balaban J connectivity index is 1.70. The summed E-state index contributed by atoms with van der Waals surface area (Å²) < 4.78 is 0. The van der Waals surface area contributed by atoms with Gasteiger partial charge in [-0.05, 0) is 74.2 Å². The van der Waals surface area contributed by atoms with Gasteiger partial charge in [0.05, 0.1) is 0 Å². The monoisotopic (exact) mass is 312 g/mol. The summed E-state index contributed by atoms with van der Waals surface area (Å²) in [5.41, 5.74) is 0.575. The topological polar surface area (TPSA) is 37.3 Å². The number of carbonyl (C=O) groups excluding carboxylic acids is 1. The van der Waals surface area contributed by atoms with E-state index in [4.69, 9.17) is 6.42 Å². The number of hydrogen-bond donors (Lipinski definition) is 1. The molecular formula is C21H28O2. The van der Waals surface area contributed by atoms with Crippen molar-refractivity contribution in [2.45, 2.75) is 70.8 Å². The van der Waals surface area contributed by atoms with Crippen LogP contribution in [-0.2, 0) is 4.79 Å². The number of hydrogen-bond acceptors (Lipinski definition) is 2. The zero-order valence-corrected chi connectivity index (χ0v) is 14.4. The van der Waals surface area contributed by atoms with Gasteiger partial charge in [-0.1, -0.05) is 25.3 Å². The lowest BCUT2D eigenvalue weighted by Gasteiger charge is -2.58. The fourth-order valence-corrected chi connectivity index (χ4v) is 6.81. The second-order valence-electron chi connectivity index (χ2n) is 8.97. The molecule has 0 aliphatic heterocycles. The Bertz CT molecular complexity index is 626. The Morgan fingerprint density at radius 1 is 1.13 bits per heavy atom. The molecule has 0 unspecified atom stereocenters. The summed E-state index contributed by atoms with van der Waals surface area (Å²) in [6, 6.07) is 0. The van der Waals surface area contributed by atoms with Crippen molar-refractivity contribution in [2.75, 3.05) is 0 Å². The summed E-state index contributed by atoms with van der Waals surface area (Å²) in [5, 5.41) is 11.0. The van der Waals surface area contributed by atoms with Crippen LogP contribution in [0.25, 0.3) is 0 Å². The molecule has 4 rings (SSSR count). The lowest BCUT2D eigenvalue weighted by molar-refractivity contribution is -0.119. The van der Waals surface area contributed by atoms with Gasteiger partial charge in [0, 0.05) is 11.8 Å². The molecule has 0 aromatic rings. The van der Waals surface area contributed by atoms with Crippen LogP contribution in [0.3, 0.4) is 0 Å². The van der Waals surface area contributed by atoms with Crippen molar-refractivity contribution in [3.8, 4) is 12.3 Å². The van der Waals surface area contributed by atoms with E-state index in [1.54, 1.807) is 0 Å². The van der Waals surface area contributed by atoms with Crippen LogP contribution in [0.5, 0.6) is 0 Å². The van der Waals surface area contributed by atoms with Crippen molar-refractivity contribution >= 4 is 5.78 Å². The molecule has 0 aromatic carbocycles. The molecule has 6 atom stereocenters. The molecule has 0 saturated heterocycles. The van der Waals surface area contributed by atoms with Gasteiger partial charge in [0.15, 0.2) is 5.78 Å². The summed E-state index contributed by atoms with van der Waals surface area (Å²) >= 11 is 0. The van der Waals surface area contributed by atoms with E-state index in [1.165, 1.54) is 12.0 Å². The largest absolute Gasteiger partial charge is 0.377 e. The third kappa shape index (κ3) is 1.84. The minimum absolute atomic E-state index is 0.120. The molecule has 0 amide bonds. The summed E-state index contributed by atoms with van der Waals surface area (Å²) in [5.74, 6) is 4.93. The summed E-state index contributed by atoms with van der Waals surface area (Å²) in [6.45, 7) is 4.63. The number of aliphatic hydroxyl groups is 1. The average Bonchev–Trinajstić information content (AvgIpc) is 2.80. The molecule has 0 bridgehead atoms. The van der Waals surface area contributed by atoms with Gasteiger partial charge in [-0.25, -0.2) is 0 Å². The van der Waals surface area contributed by atoms with E-state index < -0.39 is 5.60 Å². The number of terminal acetylenes is 1. The predicted octanol–water partition coefficient (Wildman–Crippen LogP) is 3.88. The van der Waals surface area contributed by atoms with Crippen molar-refractivity contribution in [3.05, 3.63) is 11.6 Å². The highest BCUT2D eigenvalue weighted by Gasteiger charge is 2.63. The Hall–Kier alpha value is -1.07. The highest BCUT2D eigenvalue weighted by atomic mass is 16.3. The first-order valence-electron chi connectivity index (χ1n) is 9.28. The molecular weight excluding hydrogens is 284 g/mol. The predicted molar refractivity (Wildman–Crippen MR) is 90.5 cm³/mol. The summed E-state index contributed by atoms with van der Waals surface area (Å²) in [7, 11) is 0. The maximum Gasteiger partial charge on any atom is 0.155 e. The molecule has 2 nitrogen and oxygen atoms in total. The molecule has 124 valence electrons. The first kappa shape index (κ1) is 15.5. The van der Waals surface area contributed by atoms with Gasteiger partial charge in [-0.2, -0.15) is 0 Å². The second-order valence-corrected chi connectivity index (χ2v) is 8.97. The molecule has 1 N–H and O–H groups in total. The van der Waals surface area contributed by atoms with Crippen LogP contribution in [0.2, 0.25) is 0 Å². The SMILES string of the molecule is C#C[C@]1(O)CC[C@@H]2[C@H]3CCC4=CC(=O)CC[C@@]4(C)[C@H]3CC[C@]21C. The van der Waals surface area contributed by atoms with Crippen LogP contribution >= 0.6 is 0 Å². The average molecular weight is 312 g/mol. The van der Waals surface area contributed by atoms with Crippen molar-refractivity contribution in [1.29, 1.82) is 0 Å². The van der Waals surface area contributed by atoms with Gasteiger partial charge >= 0.3 is 0 Å². The number of ketones is 1. The first-order chi connectivity index (χ1) is 10.8. The molecule has 0 radical (unpaired) electrons. The van der Waals surface area contributed by atoms with Gasteiger partial charge in [0.25, 0.3) is 0 Å². The molecule has 3 saturated carbocycles. The van der Waals surface area contributed by atoms with Gasteiger partial charge in [0.2, 0.25) is 0 Å². The zero-order valence-electron chi connectivity index (χ0n) is 14.4. The van der Waals surface area contributed by atoms with Crippen molar-refractivity contribution in [1.82, 2.24) is 0 Å². The van der Waals surface area contributed by atoms with Crippen molar-refractivity contribution in [3.63, 3.8) is 0 Å². The third-order valence-corrected chi connectivity index (χ3v) is 8.35. The zero-order chi connectivity index (χ0) is 16.5. The van der Waals surface area contributed by atoms with E-state index in [1.807, 2.05) is 6.08 Å². The van der Waals surface area contributed by atoms with Crippen molar-refractivity contribution in [2.24, 2.45) is 28.6 Å². The highest BCUT2D eigenvalue weighted by Crippen LogP contribution is 2.67. The van der Waals surface area contributed by atoms with Crippen LogP contribution in [0.4, 0.5) is 0 Å². The van der Waals surface area contributed by atoms with E-state index in [-0.39, 0.29) is 10.8 Å². The number of allylic oxidation sites excluding steroid dienone is 1. The third-order valence-electron chi connectivity index (χ3n) is 8.35. The number of fused-ring (bicyclic) bond motifs is 5. The summed E-state index contributed by atoms with van der Waals surface area (Å²) in [6.07, 6.45) is 15.6. The Labute approximate surface area is 139 Å². The van der Waals surface area contributed by atoms with Gasteiger partial charge in [0.1, 0.15) is 5.60 Å². The van der Waals surface area contributed by atoms with Crippen LogP contribution < -0.4 is 0 Å². The quantitative estimate of drug-likeness (QED) is 0.689. The van der Waals surface area contributed by atoms with E-state index >= 15 is 0 Å². The van der Waals surface area contributed by atoms with E-state index in [0.29, 0.717) is 30.0 Å². The number of carbonyl (C=O) groups is 1. The molecule has 3 fully saturated rings. The standard InChI is InChI=1S/C21H28O2/c1-4-21(23)12-9-18-16-6-5-14-13-15(22)7-10-19(14,2)17(16)8-11-20(18,21)3/h1,13,16-18,23H,5-12H2,2-3H3/t16-,17-,18+,19+,20+,21-/m0/s1. The van der Waals surface area contributed by atoms with E-state index in [0.717, 1.165) is 38.5 Å². The fraction of sp³-hybridized carbons (Fsp3) is 0.762. The van der Waals surface area contributed by atoms with Crippen LogP contribution in [-0.4, -0.2) is 16.5 Å². The number of rotatable bonds is 0. The van der Waals surface area contributed by atoms with Gasteiger partial charge < -0.3 is 5.11 Å². The maximum absolute atomic E-state index is 11.8. The Morgan fingerprint density at radius 3 is 2.61 bits per heavy atom. The highest BCUT2D eigenvalue weighted by molar-refractivity contribution is 5.91. The molecule has 4 aliphatic rings.